The standard InChI is InChI=1S/C21H28F2N8O/c1-6-16(10(2)24)27-20-15(23)9-13(18(25)32)19(28-20)26-11-7-12-17(14(22)8-11)31(5)29-21(12)30(3)4/h7-10,16H,6,24H2,1-5H3,(H2,25,32)(H2,26,27,28)/t10-,16+/m0/s1. The number of aromatic nitrogens is 3. The highest BCUT2D eigenvalue weighted by atomic mass is 19.1. The van der Waals surface area contributed by atoms with Gasteiger partial charge in [0.25, 0.3) is 5.91 Å². The molecule has 172 valence electrons. The first-order valence-corrected chi connectivity index (χ1v) is 10.2. The molecular weight excluding hydrogens is 418 g/mol. The van der Waals surface area contributed by atoms with Gasteiger partial charge in [0.05, 0.1) is 5.56 Å². The van der Waals surface area contributed by atoms with Gasteiger partial charge in [-0.15, -0.1) is 0 Å². The quantitative estimate of drug-likeness (QED) is 0.419. The summed E-state index contributed by atoms with van der Waals surface area (Å²) >= 11 is 0. The van der Waals surface area contributed by atoms with Crippen molar-refractivity contribution in [2.75, 3.05) is 29.6 Å². The van der Waals surface area contributed by atoms with Gasteiger partial charge in [0.2, 0.25) is 0 Å². The van der Waals surface area contributed by atoms with Gasteiger partial charge in [0, 0.05) is 44.3 Å². The van der Waals surface area contributed by atoms with Crippen LogP contribution in [0.1, 0.15) is 30.6 Å². The molecule has 0 aliphatic heterocycles. The summed E-state index contributed by atoms with van der Waals surface area (Å²) in [6.45, 7) is 3.70. The Morgan fingerprint density at radius 2 is 1.91 bits per heavy atom. The van der Waals surface area contributed by atoms with E-state index >= 15 is 0 Å². The number of nitrogens with zero attached hydrogens (tertiary/aromatic N) is 4. The monoisotopic (exact) mass is 446 g/mol. The van der Waals surface area contributed by atoms with Crippen LogP contribution in [0.4, 0.5) is 31.9 Å². The second-order valence-corrected chi connectivity index (χ2v) is 7.92. The van der Waals surface area contributed by atoms with Crippen LogP contribution in [0.3, 0.4) is 0 Å². The van der Waals surface area contributed by atoms with Crippen molar-refractivity contribution in [1.82, 2.24) is 14.8 Å². The molecule has 32 heavy (non-hydrogen) atoms. The minimum atomic E-state index is -0.874. The highest BCUT2D eigenvalue weighted by Gasteiger charge is 2.21. The van der Waals surface area contributed by atoms with E-state index in [1.807, 2.05) is 6.92 Å². The highest BCUT2D eigenvalue weighted by Crippen LogP contribution is 2.32. The molecule has 0 saturated heterocycles. The van der Waals surface area contributed by atoms with Crippen LogP contribution in [0.15, 0.2) is 18.2 Å². The number of pyridine rings is 1. The number of hydrogen-bond donors (Lipinski definition) is 4. The summed E-state index contributed by atoms with van der Waals surface area (Å²) in [5.74, 6) is -1.66. The molecule has 1 amide bonds. The Balaban J connectivity index is 2.09. The molecular formula is C21H28F2N8O. The third kappa shape index (κ3) is 4.42. The number of hydrogen-bond acceptors (Lipinski definition) is 7. The number of nitrogens with two attached hydrogens (primary N) is 2. The zero-order valence-corrected chi connectivity index (χ0v) is 18.7. The Kier molecular flexibility index (Phi) is 6.49. The molecule has 0 spiro atoms. The fourth-order valence-corrected chi connectivity index (χ4v) is 3.54. The molecule has 0 unspecified atom stereocenters. The van der Waals surface area contributed by atoms with Gasteiger partial charge in [0.15, 0.2) is 23.3 Å². The van der Waals surface area contributed by atoms with Gasteiger partial charge in [-0.3, -0.25) is 9.48 Å². The van der Waals surface area contributed by atoms with Crippen molar-refractivity contribution >= 4 is 40.0 Å². The third-order valence-electron chi connectivity index (χ3n) is 5.20. The number of primary amides is 1. The Morgan fingerprint density at radius 3 is 2.47 bits per heavy atom. The lowest BCUT2D eigenvalue weighted by Crippen LogP contribution is -2.38. The maximum absolute atomic E-state index is 14.9. The van der Waals surface area contributed by atoms with Gasteiger partial charge in [-0.2, -0.15) is 5.10 Å². The number of anilines is 4. The molecule has 3 rings (SSSR count). The van der Waals surface area contributed by atoms with Crippen LogP contribution < -0.4 is 27.0 Å². The van der Waals surface area contributed by atoms with Gasteiger partial charge in [0.1, 0.15) is 11.3 Å². The zero-order valence-electron chi connectivity index (χ0n) is 18.7. The van der Waals surface area contributed by atoms with Crippen molar-refractivity contribution in [3.63, 3.8) is 0 Å². The van der Waals surface area contributed by atoms with Crippen LogP contribution in [0.25, 0.3) is 10.9 Å². The first-order valence-electron chi connectivity index (χ1n) is 10.2. The van der Waals surface area contributed by atoms with E-state index in [0.29, 0.717) is 28.8 Å². The maximum Gasteiger partial charge on any atom is 0.252 e. The minimum absolute atomic E-state index is 0.00466. The zero-order chi connectivity index (χ0) is 23.7. The smallest absolute Gasteiger partial charge is 0.252 e. The summed E-state index contributed by atoms with van der Waals surface area (Å²) < 4.78 is 31.0. The van der Waals surface area contributed by atoms with E-state index < -0.39 is 17.5 Å². The normalized spacial score (nSPS) is 13.1. The van der Waals surface area contributed by atoms with Gasteiger partial charge in [-0.05, 0) is 31.5 Å². The molecule has 1 aromatic carbocycles. The number of halogens is 2. The molecule has 0 saturated carbocycles. The van der Waals surface area contributed by atoms with Crippen molar-refractivity contribution in [1.29, 1.82) is 0 Å². The second-order valence-electron chi connectivity index (χ2n) is 7.92. The second kappa shape index (κ2) is 8.95. The Hall–Kier alpha value is -3.47. The van der Waals surface area contributed by atoms with E-state index in [-0.39, 0.29) is 29.3 Å². The lowest BCUT2D eigenvalue weighted by Gasteiger charge is -2.22. The summed E-state index contributed by atoms with van der Waals surface area (Å²) in [5, 5.41) is 10.8. The van der Waals surface area contributed by atoms with E-state index in [1.165, 1.54) is 10.7 Å². The van der Waals surface area contributed by atoms with Crippen molar-refractivity contribution in [2.24, 2.45) is 18.5 Å². The molecule has 0 aliphatic rings. The van der Waals surface area contributed by atoms with Crippen molar-refractivity contribution in [2.45, 2.75) is 32.4 Å². The SMILES string of the molecule is CC[C@@H](Nc1nc(Nc2cc(F)c3c(c2)c(N(C)C)nn3C)c(C(N)=O)cc1F)[C@H](C)N. The molecule has 0 bridgehead atoms. The van der Waals surface area contributed by atoms with Gasteiger partial charge in [-0.25, -0.2) is 13.8 Å². The van der Waals surface area contributed by atoms with E-state index in [0.717, 1.165) is 6.07 Å². The molecule has 2 atom stereocenters. The van der Waals surface area contributed by atoms with Crippen LogP contribution in [0, 0.1) is 11.6 Å². The molecule has 9 nitrogen and oxygen atoms in total. The molecule has 0 fully saturated rings. The number of fused-ring (bicyclic) bond motifs is 1. The van der Waals surface area contributed by atoms with Gasteiger partial charge >= 0.3 is 0 Å². The third-order valence-corrected chi connectivity index (χ3v) is 5.20. The number of carbonyl (C=O) groups is 1. The molecule has 0 radical (unpaired) electrons. The molecule has 0 aliphatic carbocycles. The molecule has 2 aromatic heterocycles. The largest absolute Gasteiger partial charge is 0.365 e. The van der Waals surface area contributed by atoms with E-state index in [2.05, 4.69) is 20.7 Å². The van der Waals surface area contributed by atoms with Crippen molar-refractivity contribution in [3.05, 3.63) is 35.4 Å². The number of rotatable bonds is 8. The Bertz CT molecular complexity index is 1160. The summed E-state index contributed by atoms with van der Waals surface area (Å²) in [6.07, 6.45) is 0.634. The van der Waals surface area contributed by atoms with Gasteiger partial charge < -0.3 is 27.0 Å². The minimum Gasteiger partial charge on any atom is -0.365 e. The van der Waals surface area contributed by atoms with Crippen LogP contribution in [0.5, 0.6) is 0 Å². The summed E-state index contributed by atoms with van der Waals surface area (Å²) in [6, 6.07) is 3.43. The summed E-state index contributed by atoms with van der Waals surface area (Å²) in [4.78, 5) is 17.9. The van der Waals surface area contributed by atoms with Crippen LogP contribution in [-0.4, -0.2) is 46.9 Å². The summed E-state index contributed by atoms with van der Waals surface area (Å²) in [7, 11) is 5.25. The fraction of sp³-hybridized carbons (Fsp3) is 0.381. The van der Waals surface area contributed by atoms with Crippen LogP contribution in [0.2, 0.25) is 0 Å². The van der Waals surface area contributed by atoms with Gasteiger partial charge in [-0.1, -0.05) is 6.92 Å². The predicted octanol–water partition coefficient (Wildman–Crippen LogP) is 2.69. The van der Waals surface area contributed by atoms with Crippen molar-refractivity contribution in [3.8, 4) is 0 Å². The lowest BCUT2D eigenvalue weighted by atomic mass is 10.1. The van der Waals surface area contributed by atoms with E-state index in [9.17, 15) is 13.6 Å². The average molecular weight is 447 g/mol. The Labute approximate surface area is 184 Å². The first-order chi connectivity index (χ1) is 15.0. The topological polar surface area (TPSA) is 127 Å². The number of aryl methyl sites for hydroxylation is 1. The number of amides is 1. The number of benzene rings is 1. The van der Waals surface area contributed by atoms with E-state index in [1.54, 1.807) is 39.0 Å². The lowest BCUT2D eigenvalue weighted by molar-refractivity contribution is 0.100. The molecule has 11 heteroatoms. The van der Waals surface area contributed by atoms with E-state index in [4.69, 9.17) is 11.5 Å². The van der Waals surface area contributed by atoms with Crippen LogP contribution in [-0.2, 0) is 7.05 Å². The molecule has 2 heterocycles. The first kappa shape index (κ1) is 23.2. The summed E-state index contributed by atoms with van der Waals surface area (Å²) in [5.41, 5.74) is 11.8. The molecule has 3 aromatic rings. The maximum atomic E-state index is 14.9. The highest BCUT2D eigenvalue weighted by molar-refractivity contribution is 5.99. The van der Waals surface area contributed by atoms with Crippen molar-refractivity contribution < 1.29 is 13.6 Å². The Morgan fingerprint density at radius 1 is 1.22 bits per heavy atom. The molecule has 6 N–H and O–H groups in total. The fourth-order valence-electron chi connectivity index (χ4n) is 3.54. The predicted molar refractivity (Wildman–Crippen MR) is 122 cm³/mol. The number of nitrogens with one attached hydrogen (secondary N) is 2. The van der Waals surface area contributed by atoms with Crippen LogP contribution >= 0.6 is 0 Å². The average Bonchev–Trinajstić information content (AvgIpc) is 3.04. The number of carbonyl (C=O) groups excluding carboxylic acids is 1.